The van der Waals surface area contributed by atoms with Crippen LogP contribution in [0.4, 0.5) is 0 Å². The van der Waals surface area contributed by atoms with Crippen LogP contribution in [0.1, 0.15) is 25.8 Å². The maximum Gasteiger partial charge on any atom is 0.225 e. The van der Waals surface area contributed by atoms with Gasteiger partial charge in [0.1, 0.15) is 0 Å². The molecule has 0 aliphatic rings. The van der Waals surface area contributed by atoms with Gasteiger partial charge >= 0.3 is 0 Å². The first-order valence-corrected chi connectivity index (χ1v) is 11.2. The van der Waals surface area contributed by atoms with E-state index in [1.165, 1.54) is 16.3 Å². The number of hydrogen-bond donors (Lipinski definition) is 0. The van der Waals surface area contributed by atoms with Gasteiger partial charge in [0.2, 0.25) is 5.91 Å². The van der Waals surface area contributed by atoms with Gasteiger partial charge in [-0.25, -0.2) is 0 Å². The number of carbonyl (C=O) groups excluding carboxylic acids is 1. The third-order valence-corrected chi connectivity index (χ3v) is 5.68. The van der Waals surface area contributed by atoms with E-state index in [1.54, 1.807) is 14.2 Å². The number of benzene rings is 2. The number of amides is 1. The lowest BCUT2D eigenvalue weighted by molar-refractivity contribution is -0.146. The molecule has 6 nitrogen and oxygen atoms in total. The van der Waals surface area contributed by atoms with Crippen molar-refractivity contribution < 1.29 is 19.0 Å². The van der Waals surface area contributed by atoms with Crippen LogP contribution in [0.2, 0.25) is 0 Å². The number of hydrogen-bond acceptors (Lipinski definition) is 5. The lowest BCUT2D eigenvalue weighted by atomic mass is 10.0. The summed E-state index contributed by atoms with van der Waals surface area (Å²) >= 11 is 0. The second-order valence-electron chi connectivity index (χ2n) is 7.52. The minimum absolute atomic E-state index is 0.0661. The fourth-order valence-corrected chi connectivity index (χ4v) is 3.66. The first kappa shape index (κ1) is 25.3. The Morgan fingerprint density at radius 3 is 2.35 bits per heavy atom. The summed E-state index contributed by atoms with van der Waals surface area (Å²) in [7, 11) is 3.19. The molecular formula is C25H38N2O4. The largest absolute Gasteiger partial charge is 0.381 e. The van der Waals surface area contributed by atoms with Crippen molar-refractivity contribution in [2.75, 3.05) is 60.2 Å². The lowest BCUT2D eigenvalue weighted by Crippen LogP contribution is -2.43. The highest BCUT2D eigenvalue weighted by molar-refractivity contribution is 5.85. The number of carbonyl (C=O) groups is 1. The molecule has 31 heavy (non-hydrogen) atoms. The maximum atomic E-state index is 12.8. The lowest BCUT2D eigenvalue weighted by Gasteiger charge is -2.29. The number of rotatable bonds is 15. The molecule has 172 valence electrons. The van der Waals surface area contributed by atoms with Gasteiger partial charge in [-0.05, 0) is 35.8 Å². The summed E-state index contributed by atoms with van der Waals surface area (Å²) in [6.45, 7) is 9.11. The molecule has 0 bridgehead atoms. The zero-order chi connectivity index (χ0) is 22.5. The van der Waals surface area contributed by atoms with Gasteiger partial charge in [0, 0.05) is 27.3 Å². The molecule has 1 amide bonds. The Balaban J connectivity index is 1.82. The summed E-state index contributed by atoms with van der Waals surface area (Å²) in [5.74, 6) is 0.0661. The molecule has 2 aromatic rings. The molecule has 0 unspecified atom stereocenters. The van der Waals surface area contributed by atoms with E-state index in [0.29, 0.717) is 32.7 Å². The minimum atomic E-state index is -0.423. The normalized spacial score (nSPS) is 11.5. The van der Waals surface area contributed by atoms with E-state index in [1.807, 2.05) is 4.90 Å². The van der Waals surface area contributed by atoms with Crippen LogP contribution in [0.15, 0.2) is 42.5 Å². The Morgan fingerprint density at radius 1 is 0.935 bits per heavy atom. The fraction of sp³-hybridized carbons (Fsp3) is 0.560. The van der Waals surface area contributed by atoms with E-state index in [4.69, 9.17) is 14.2 Å². The van der Waals surface area contributed by atoms with Crippen LogP contribution in [0.25, 0.3) is 10.8 Å². The first-order chi connectivity index (χ1) is 15.1. The summed E-state index contributed by atoms with van der Waals surface area (Å²) in [5.41, 5.74) is 1.27. The van der Waals surface area contributed by atoms with Crippen LogP contribution < -0.4 is 0 Å². The van der Waals surface area contributed by atoms with Gasteiger partial charge in [-0.3, -0.25) is 4.79 Å². The quantitative estimate of drug-likeness (QED) is 0.319. The minimum Gasteiger partial charge on any atom is -0.381 e. The molecule has 0 fully saturated rings. The van der Waals surface area contributed by atoms with Crippen LogP contribution in [0, 0.1) is 0 Å². The van der Waals surface area contributed by atoms with E-state index in [-0.39, 0.29) is 5.91 Å². The number of fused-ring (bicyclic) bond motifs is 1. The summed E-state index contributed by atoms with van der Waals surface area (Å²) in [5, 5.41) is 2.50. The van der Waals surface area contributed by atoms with Crippen LogP contribution in [-0.2, 0) is 25.4 Å². The fourth-order valence-electron chi connectivity index (χ4n) is 3.66. The van der Waals surface area contributed by atoms with Gasteiger partial charge < -0.3 is 24.0 Å². The highest BCUT2D eigenvalue weighted by atomic mass is 16.7. The van der Waals surface area contributed by atoms with Crippen molar-refractivity contribution in [3.05, 3.63) is 48.0 Å². The Morgan fingerprint density at radius 2 is 1.65 bits per heavy atom. The van der Waals surface area contributed by atoms with Gasteiger partial charge in [0.05, 0.1) is 26.2 Å². The Bertz CT molecular complexity index is 770. The van der Waals surface area contributed by atoms with Crippen LogP contribution in [-0.4, -0.2) is 82.2 Å². The molecule has 6 heteroatoms. The molecule has 0 aromatic heterocycles. The topological polar surface area (TPSA) is 51.2 Å². The average molecular weight is 431 g/mol. The summed E-state index contributed by atoms with van der Waals surface area (Å²) < 4.78 is 16.4. The standard InChI is InChI=1S/C25H38N2O4/c1-5-26(6-2)16-17-27(20-25(29-3)30-4)24(28)15-19-31-18-14-22-12-9-11-21-10-7-8-13-23(21)22/h7-13,25H,5-6,14-20H2,1-4H3. The average Bonchev–Trinajstić information content (AvgIpc) is 2.81. The predicted octanol–water partition coefficient (Wildman–Crippen LogP) is 3.58. The maximum absolute atomic E-state index is 12.8. The molecule has 2 rings (SSSR count). The van der Waals surface area contributed by atoms with Crippen LogP contribution in [0.5, 0.6) is 0 Å². The Labute approximate surface area is 187 Å². The summed E-state index contributed by atoms with van der Waals surface area (Å²) in [6.07, 6.45) is 0.762. The van der Waals surface area contributed by atoms with E-state index in [9.17, 15) is 4.79 Å². The highest BCUT2D eigenvalue weighted by Crippen LogP contribution is 2.18. The highest BCUT2D eigenvalue weighted by Gasteiger charge is 2.19. The molecule has 0 atom stereocenters. The van der Waals surface area contributed by atoms with Gasteiger partial charge in [0.15, 0.2) is 6.29 Å². The first-order valence-electron chi connectivity index (χ1n) is 11.2. The van der Waals surface area contributed by atoms with Crippen molar-refractivity contribution in [2.45, 2.75) is 33.0 Å². The van der Waals surface area contributed by atoms with Gasteiger partial charge in [-0.15, -0.1) is 0 Å². The zero-order valence-electron chi connectivity index (χ0n) is 19.5. The number of likely N-dealkylation sites (N-methyl/N-ethyl adjacent to an activating group) is 1. The van der Waals surface area contributed by atoms with Crippen LogP contribution >= 0.6 is 0 Å². The van der Waals surface area contributed by atoms with Crippen molar-refractivity contribution in [3.63, 3.8) is 0 Å². The van der Waals surface area contributed by atoms with Gasteiger partial charge in [-0.1, -0.05) is 56.3 Å². The van der Waals surface area contributed by atoms with E-state index >= 15 is 0 Å². The summed E-state index contributed by atoms with van der Waals surface area (Å²) in [6, 6.07) is 14.7. The molecule has 2 aromatic carbocycles. The molecule has 0 aliphatic heterocycles. The number of methoxy groups -OCH3 is 2. The summed E-state index contributed by atoms with van der Waals surface area (Å²) in [4.78, 5) is 16.9. The predicted molar refractivity (Wildman–Crippen MR) is 125 cm³/mol. The zero-order valence-corrected chi connectivity index (χ0v) is 19.5. The van der Waals surface area contributed by atoms with E-state index in [0.717, 1.165) is 26.1 Å². The molecule has 0 N–H and O–H groups in total. The molecule has 0 spiro atoms. The number of nitrogens with zero attached hydrogens (tertiary/aromatic N) is 2. The second kappa shape index (κ2) is 14.1. The molecular weight excluding hydrogens is 392 g/mol. The number of ether oxygens (including phenoxy) is 3. The SMILES string of the molecule is CCN(CC)CCN(CC(OC)OC)C(=O)CCOCCc1cccc2ccccc12. The van der Waals surface area contributed by atoms with Crippen molar-refractivity contribution in [1.29, 1.82) is 0 Å². The van der Waals surface area contributed by atoms with Crippen molar-refractivity contribution in [2.24, 2.45) is 0 Å². The van der Waals surface area contributed by atoms with E-state index in [2.05, 4.69) is 61.2 Å². The molecule has 0 aliphatic carbocycles. The second-order valence-corrected chi connectivity index (χ2v) is 7.52. The van der Waals surface area contributed by atoms with E-state index < -0.39 is 6.29 Å². The van der Waals surface area contributed by atoms with Crippen molar-refractivity contribution in [1.82, 2.24) is 9.80 Å². The van der Waals surface area contributed by atoms with Crippen LogP contribution in [0.3, 0.4) is 0 Å². The molecule has 0 radical (unpaired) electrons. The van der Waals surface area contributed by atoms with Gasteiger partial charge in [0.25, 0.3) is 0 Å². The third kappa shape index (κ3) is 8.22. The Kier molecular flexibility index (Phi) is 11.5. The molecule has 0 heterocycles. The smallest absolute Gasteiger partial charge is 0.225 e. The molecule has 0 saturated heterocycles. The molecule has 0 saturated carbocycles. The van der Waals surface area contributed by atoms with Crippen molar-refractivity contribution in [3.8, 4) is 0 Å². The Hall–Kier alpha value is -1.99. The monoisotopic (exact) mass is 430 g/mol. The van der Waals surface area contributed by atoms with Crippen molar-refractivity contribution >= 4 is 16.7 Å². The van der Waals surface area contributed by atoms with Gasteiger partial charge in [-0.2, -0.15) is 0 Å². The third-order valence-electron chi connectivity index (χ3n) is 5.68.